The number of aromatic nitrogens is 2. The van der Waals surface area contributed by atoms with Crippen LogP contribution in [0.1, 0.15) is 13.8 Å². The number of fused-ring (bicyclic) bond motifs is 1. The summed E-state index contributed by atoms with van der Waals surface area (Å²) >= 11 is 0. The van der Waals surface area contributed by atoms with E-state index in [1.54, 1.807) is 17.7 Å². The van der Waals surface area contributed by atoms with Crippen LogP contribution in [0.4, 0.5) is 4.39 Å². The molecular weight excluding hydrogens is 295 g/mol. The third kappa shape index (κ3) is 2.86. The second kappa shape index (κ2) is 5.91. The quantitative estimate of drug-likeness (QED) is 0.796. The third-order valence-corrected chi connectivity index (χ3v) is 3.79. The number of H-pyrrole nitrogens is 1. The number of hydrogen-bond acceptors (Lipinski definition) is 2. The Morgan fingerprint density at radius 2 is 2.00 bits per heavy atom. The Kier molecular flexibility index (Phi) is 3.94. The van der Waals surface area contributed by atoms with Gasteiger partial charge in [0.1, 0.15) is 11.6 Å². The molecule has 23 heavy (non-hydrogen) atoms. The molecule has 0 bridgehead atoms. The van der Waals surface area contributed by atoms with Gasteiger partial charge in [-0.25, -0.2) is 9.18 Å². The van der Waals surface area contributed by atoms with Crippen molar-refractivity contribution >= 4 is 11.0 Å². The first-order valence-corrected chi connectivity index (χ1v) is 7.56. The van der Waals surface area contributed by atoms with Gasteiger partial charge < -0.3 is 9.72 Å². The van der Waals surface area contributed by atoms with E-state index in [2.05, 4.69) is 18.8 Å². The second-order valence-corrected chi connectivity index (χ2v) is 6.01. The van der Waals surface area contributed by atoms with Crippen molar-refractivity contribution in [3.63, 3.8) is 0 Å². The maximum Gasteiger partial charge on any atom is 0.326 e. The molecule has 1 heterocycles. The van der Waals surface area contributed by atoms with Gasteiger partial charge in [0.25, 0.3) is 0 Å². The SMILES string of the molecule is COc1ccc(F)cc1-c1ccc2c(c1)[nH]c(=O)n2CC(C)C. The molecule has 1 N–H and O–H groups in total. The molecule has 0 saturated carbocycles. The van der Waals surface area contributed by atoms with Gasteiger partial charge in [0.2, 0.25) is 0 Å². The number of rotatable bonds is 4. The summed E-state index contributed by atoms with van der Waals surface area (Å²) in [5.74, 6) is 0.635. The largest absolute Gasteiger partial charge is 0.496 e. The van der Waals surface area contributed by atoms with Crippen LogP contribution < -0.4 is 10.4 Å². The molecule has 0 atom stereocenters. The Balaban J connectivity index is 2.15. The van der Waals surface area contributed by atoms with Gasteiger partial charge in [-0.15, -0.1) is 0 Å². The Hall–Kier alpha value is -2.56. The van der Waals surface area contributed by atoms with Gasteiger partial charge in [0.05, 0.1) is 18.1 Å². The molecule has 120 valence electrons. The summed E-state index contributed by atoms with van der Waals surface area (Å²) in [5.41, 5.74) is 2.91. The highest BCUT2D eigenvalue weighted by Gasteiger charge is 2.12. The first kappa shape index (κ1) is 15.3. The van der Waals surface area contributed by atoms with Crippen molar-refractivity contribution < 1.29 is 9.13 Å². The minimum Gasteiger partial charge on any atom is -0.496 e. The van der Waals surface area contributed by atoms with E-state index in [0.717, 1.165) is 16.6 Å². The number of methoxy groups -OCH3 is 1. The Labute approximate surface area is 133 Å². The second-order valence-electron chi connectivity index (χ2n) is 6.01. The molecule has 0 aliphatic carbocycles. The summed E-state index contributed by atoms with van der Waals surface area (Å²) in [4.78, 5) is 15.0. The van der Waals surface area contributed by atoms with E-state index in [4.69, 9.17) is 4.74 Å². The summed E-state index contributed by atoms with van der Waals surface area (Å²) in [6.45, 7) is 4.79. The highest BCUT2D eigenvalue weighted by molar-refractivity contribution is 5.83. The maximum atomic E-state index is 13.6. The number of nitrogens with zero attached hydrogens (tertiary/aromatic N) is 1. The highest BCUT2D eigenvalue weighted by Crippen LogP contribution is 2.32. The molecule has 3 rings (SSSR count). The van der Waals surface area contributed by atoms with E-state index in [1.807, 2.05) is 18.2 Å². The summed E-state index contributed by atoms with van der Waals surface area (Å²) < 4.78 is 20.6. The fraction of sp³-hybridized carbons (Fsp3) is 0.278. The monoisotopic (exact) mass is 314 g/mol. The molecule has 4 nitrogen and oxygen atoms in total. The predicted octanol–water partition coefficient (Wildman–Crippen LogP) is 3.80. The predicted molar refractivity (Wildman–Crippen MR) is 89.3 cm³/mol. The molecule has 0 aliphatic heterocycles. The van der Waals surface area contributed by atoms with Crippen LogP contribution in [-0.4, -0.2) is 16.7 Å². The van der Waals surface area contributed by atoms with E-state index in [9.17, 15) is 9.18 Å². The summed E-state index contributed by atoms with van der Waals surface area (Å²) in [6.07, 6.45) is 0. The van der Waals surface area contributed by atoms with Gasteiger partial charge in [0, 0.05) is 12.1 Å². The van der Waals surface area contributed by atoms with Gasteiger partial charge in [-0.05, 0) is 41.8 Å². The number of nitrogens with one attached hydrogen (secondary N) is 1. The number of aromatic amines is 1. The number of hydrogen-bond donors (Lipinski definition) is 1. The lowest BCUT2D eigenvalue weighted by Gasteiger charge is -2.10. The van der Waals surface area contributed by atoms with Crippen molar-refractivity contribution in [2.75, 3.05) is 7.11 Å². The number of benzene rings is 2. The van der Waals surface area contributed by atoms with Crippen molar-refractivity contribution in [1.29, 1.82) is 0 Å². The average molecular weight is 314 g/mol. The van der Waals surface area contributed by atoms with Gasteiger partial charge in [0.15, 0.2) is 0 Å². The molecule has 0 unspecified atom stereocenters. The summed E-state index contributed by atoms with van der Waals surface area (Å²) in [6, 6.07) is 10.0. The zero-order chi connectivity index (χ0) is 16.6. The Morgan fingerprint density at radius 3 is 2.70 bits per heavy atom. The van der Waals surface area contributed by atoms with Crippen molar-refractivity contribution in [2.45, 2.75) is 20.4 Å². The molecule has 0 radical (unpaired) electrons. The normalized spacial score (nSPS) is 11.3. The molecule has 1 aromatic heterocycles. The van der Waals surface area contributed by atoms with Crippen LogP contribution in [0.3, 0.4) is 0 Å². The lowest BCUT2D eigenvalue weighted by molar-refractivity contribution is 0.415. The van der Waals surface area contributed by atoms with Crippen molar-refractivity contribution in [3.8, 4) is 16.9 Å². The van der Waals surface area contributed by atoms with E-state index in [1.165, 1.54) is 12.1 Å². The van der Waals surface area contributed by atoms with Gasteiger partial charge in [-0.3, -0.25) is 4.57 Å². The molecule has 3 aromatic rings. The van der Waals surface area contributed by atoms with Gasteiger partial charge >= 0.3 is 5.69 Å². The molecule has 0 fully saturated rings. The Morgan fingerprint density at radius 1 is 1.22 bits per heavy atom. The fourth-order valence-electron chi connectivity index (χ4n) is 2.78. The van der Waals surface area contributed by atoms with Crippen LogP contribution in [0, 0.1) is 11.7 Å². The maximum absolute atomic E-state index is 13.6. The molecule has 0 saturated heterocycles. The molecule has 2 aromatic carbocycles. The van der Waals surface area contributed by atoms with Crippen LogP contribution in [0.2, 0.25) is 0 Å². The fourth-order valence-corrected chi connectivity index (χ4v) is 2.78. The number of halogens is 1. The minimum absolute atomic E-state index is 0.128. The lowest BCUT2D eigenvalue weighted by Crippen LogP contribution is -2.19. The smallest absolute Gasteiger partial charge is 0.326 e. The topological polar surface area (TPSA) is 47.0 Å². The van der Waals surface area contributed by atoms with Gasteiger partial charge in [-0.1, -0.05) is 19.9 Å². The third-order valence-electron chi connectivity index (χ3n) is 3.79. The van der Waals surface area contributed by atoms with Crippen LogP contribution in [0.5, 0.6) is 5.75 Å². The number of imidazole rings is 1. The zero-order valence-corrected chi connectivity index (χ0v) is 13.4. The van der Waals surface area contributed by atoms with Crippen molar-refractivity contribution in [1.82, 2.24) is 9.55 Å². The van der Waals surface area contributed by atoms with Crippen LogP contribution in [0.15, 0.2) is 41.2 Å². The first-order valence-electron chi connectivity index (χ1n) is 7.56. The van der Waals surface area contributed by atoms with Crippen LogP contribution >= 0.6 is 0 Å². The Bertz CT molecular complexity index is 909. The lowest BCUT2D eigenvalue weighted by atomic mass is 10.0. The highest BCUT2D eigenvalue weighted by atomic mass is 19.1. The van der Waals surface area contributed by atoms with Crippen LogP contribution in [0.25, 0.3) is 22.2 Å². The van der Waals surface area contributed by atoms with E-state index >= 15 is 0 Å². The molecule has 0 aliphatic rings. The molecule has 0 amide bonds. The molecular formula is C18H19FN2O2. The molecule has 0 spiro atoms. The van der Waals surface area contributed by atoms with Gasteiger partial charge in [-0.2, -0.15) is 0 Å². The standard InChI is InChI=1S/C18H19FN2O2/c1-11(2)10-21-16-6-4-12(8-15(16)20-18(21)22)14-9-13(19)5-7-17(14)23-3/h4-9,11H,10H2,1-3H3,(H,20,22). The molecule has 5 heteroatoms. The van der Waals surface area contributed by atoms with Crippen LogP contribution in [-0.2, 0) is 6.54 Å². The van der Waals surface area contributed by atoms with E-state index in [-0.39, 0.29) is 11.5 Å². The van der Waals surface area contributed by atoms with Crippen molar-refractivity contribution in [3.05, 3.63) is 52.7 Å². The zero-order valence-electron chi connectivity index (χ0n) is 13.4. The van der Waals surface area contributed by atoms with Crippen molar-refractivity contribution in [2.24, 2.45) is 5.92 Å². The summed E-state index contributed by atoms with van der Waals surface area (Å²) in [7, 11) is 1.55. The van der Waals surface area contributed by atoms with E-state index < -0.39 is 0 Å². The average Bonchev–Trinajstić information content (AvgIpc) is 2.82. The minimum atomic E-state index is -0.327. The summed E-state index contributed by atoms with van der Waals surface area (Å²) in [5, 5.41) is 0. The first-order chi connectivity index (χ1) is 11.0. The number of ether oxygens (including phenoxy) is 1. The van der Waals surface area contributed by atoms with E-state index in [0.29, 0.717) is 23.8 Å².